The maximum atomic E-state index is 12.6. The zero-order chi connectivity index (χ0) is 14.4. The number of hydrogen-bond acceptors (Lipinski definition) is 5. The molecule has 8 heteroatoms. The molecule has 1 aromatic rings. The van der Waals surface area contributed by atoms with E-state index in [2.05, 4.69) is 10.3 Å². The van der Waals surface area contributed by atoms with Crippen molar-refractivity contribution in [2.24, 2.45) is 0 Å². The van der Waals surface area contributed by atoms with Crippen molar-refractivity contribution in [1.29, 1.82) is 0 Å². The molecule has 0 saturated carbocycles. The lowest BCUT2D eigenvalue weighted by molar-refractivity contribution is -0.404. The third-order valence-corrected chi connectivity index (χ3v) is 2.13. The van der Waals surface area contributed by atoms with Crippen molar-refractivity contribution in [3.8, 4) is 0 Å². The fourth-order valence-corrected chi connectivity index (χ4v) is 1.24. The van der Waals surface area contributed by atoms with Gasteiger partial charge < -0.3 is 10.2 Å². The van der Waals surface area contributed by atoms with Crippen LogP contribution in [-0.4, -0.2) is 34.8 Å². The molecule has 0 unspecified atom stereocenters. The molecule has 1 rings (SSSR count). The third kappa shape index (κ3) is 5.11. The molecule has 0 radical (unpaired) electrons. The SMILES string of the molecule is CN(C)/C(=C\[N+](=O)[O-])NC(=O)Cc1ccc(F)nc1. The van der Waals surface area contributed by atoms with E-state index in [0.717, 1.165) is 6.07 Å². The van der Waals surface area contributed by atoms with E-state index in [0.29, 0.717) is 11.8 Å². The highest BCUT2D eigenvalue weighted by molar-refractivity contribution is 5.79. The van der Waals surface area contributed by atoms with Crippen LogP contribution in [0.25, 0.3) is 0 Å². The van der Waals surface area contributed by atoms with E-state index in [4.69, 9.17) is 0 Å². The lowest BCUT2D eigenvalue weighted by atomic mass is 10.2. The molecule has 0 atom stereocenters. The summed E-state index contributed by atoms with van der Waals surface area (Å²) in [5.74, 6) is -1.02. The maximum Gasteiger partial charge on any atom is 0.274 e. The Bertz CT molecular complexity index is 499. The lowest BCUT2D eigenvalue weighted by Gasteiger charge is -2.15. The van der Waals surface area contributed by atoms with Gasteiger partial charge in [0.05, 0.1) is 11.3 Å². The van der Waals surface area contributed by atoms with Gasteiger partial charge in [0.15, 0.2) is 5.82 Å². The number of nitrogens with zero attached hydrogens (tertiary/aromatic N) is 3. The largest absolute Gasteiger partial charge is 0.359 e. The van der Waals surface area contributed by atoms with Crippen LogP contribution in [0.5, 0.6) is 0 Å². The fourth-order valence-electron chi connectivity index (χ4n) is 1.24. The van der Waals surface area contributed by atoms with Crippen LogP contribution in [0.1, 0.15) is 5.56 Å². The highest BCUT2D eigenvalue weighted by atomic mass is 19.1. The predicted octanol–water partition coefficient (Wildman–Crippen LogP) is 0.517. The van der Waals surface area contributed by atoms with Crippen LogP contribution < -0.4 is 5.32 Å². The molecule has 0 bridgehead atoms. The second kappa shape index (κ2) is 6.43. The minimum atomic E-state index is -0.658. The number of hydrogen-bond donors (Lipinski definition) is 1. The number of aromatic nitrogens is 1. The van der Waals surface area contributed by atoms with Crippen LogP contribution >= 0.6 is 0 Å². The maximum absolute atomic E-state index is 12.6. The molecule has 0 spiro atoms. The van der Waals surface area contributed by atoms with Crippen LogP contribution in [0.15, 0.2) is 30.4 Å². The fraction of sp³-hybridized carbons (Fsp3) is 0.273. The first-order valence-corrected chi connectivity index (χ1v) is 5.31. The molecular formula is C11H13FN4O3. The van der Waals surface area contributed by atoms with Gasteiger partial charge in [-0.1, -0.05) is 6.07 Å². The molecule has 0 aliphatic carbocycles. The third-order valence-electron chi connectivity index (χ3n) is 2.13. The number of carbonyl (C=O) groups is 1. The van der Waals surface area contributed by atoms with Crippen LogP contribution in [0.3, 0.4) is 0 Å². The Morgan fingerprint density at radius 2 is 2.26 bits per heavy atom. The highest BCUT2D eigenvalue weighted by Crippen LogP contribution is 2.01. The summed E-state index contributed by atoms with van der Waals surface area (Å²) >= 11 is 0. The number of nitrogens with one attached hydrogen (secondary N) is 1. The van der Waals surface area contributed by atoms with Crippen molar-refractivity contribution in [1.82, 2.24) is 15.2 Å². The second-order valence-electron chi connectivity index (χ2n) is 3.91. The number of amides is 1. The molecule has 1 heterocycles. The Hall–Kier alpha value is -2.51. The zero-order valence-corrected chi connectivity index (χ0v) is 10.5. The summed E-state index contributed by atoms with van der Waals surface area (Å²) in [6, 6.07) is 2.57. The molecule has 1 N–H and O–H groups in total. The molecule has 0 fully saturated rings. The first-order chi connectivity index (χ1) is 8.88. The van der Waals surface area contributed by atoms with Crippen LogP contribution in [0, 0.1) is 16.1 Å². The Morgan fingerprint density at radius 1 is 1.58 bits per heavy atom. The number of rotatable bonds is 5. The summed E-state index contributed by atoms with van der Waals surface area (Å²) in [6.07, 6.45) is 1.89. The van der Waals surface area contributed by atoms with Crippen molar-refractivity contribution in [2.75, 3.05) is 14.1 Å². The van der Waals surface area contributed by atoms with E-state index in [1.54, 1.807) is 14.1 Å². The Kier molecular flexibility index (Phi) is 4.92. The van der Waals surface area contributed by atoms with Gasteiger partial charge >= 0.3 is 0 Å². The number of nitro groups is 1. The average Bonchev–Trinajstić information content (AvgIpc) is 2.30. The van der Waals surface area contributed by atoms with E-state index >= 15 is 0 Å². The van der Waals surface area contributed by atoms with Crippen molar-refractivity contribution in [3.63, 3.8) is 0 Å². The van der Waals surface area contributed by atoms with Crippen molar-refractivity contribution >= 4 is 5.91 Å². The quantitative estimate of drug-likeness (QED) is 0.477. The molecule has 0 aliphatic rings. The van der Waals surface area contributed by atoms with Gasteiger partial charge in [-0.25, -0.2) is 4.98 Å². The topological polar surface area (TPSA) is 88.4 Å². The second-order valence-corrected chi connectivity index (χ2v) is 3.91. The van der Waals surface area contributed by atoms with E-state index in [1.165, 1.54) is 17.2 Å². The van der Waals surface area contributed by atoms with E-state index in [1.807, 2.05) is 0 Å². The summed E-state index contributed by atoms with van der Waals surface area (Å²) in [7, 11) is 3.13. The monoisotopic (exact) mass is 268 g/mol. The first-order valence-electron chi connectivity index (χ1n) is 5.31. The average molecular weight is 268 g/mol. The molecule has 0 aromatic carbocycles. The molecule has 0 saturated heterocycles. The first kappa shape index (κ1) is 14.6. The number of pyridine rings is 1. The Morgan fingerprint density at radius 3 is 2.74 bits per heavy atom. The standard InChI is InChI=1S/C11H13FN4O3/c1-15(2)10(7-16(18)19)14-11(17)5-8-3-4-9(12)13-6-8/h3-4,6-7H,5H2,1-2H3,(H,14,17)/b10-7-. The zero-order valence-electron chi connectivity index (χ0n) is 10.5. The minimum Gasteiger partial charge on any atom is -0.359 e. The Balaban J connectivity index is 2.68. The summed E-state index contributed by atoms with van der Waals surface area (Å²) in [5.41, 5.74) is 0.512. The molecular weight excluding hydrogens is 255 g/mol. The van der Waals surface area contributed by atoms with Gasteiger partial charge in [0.2, 0.25) is 11.9 Å². The minimum absolute atomic E-state index is 0.0455. The van der Waals surface area contributed by atoms with Gasteiger partial charge in [-0.05, 0) is 11.6 Å². The molecule has 7 nitrogen and oxygen atoms in total. The van der Waals surface area contributed by atoms with Gasteiger partial charge in [-0.3, -0.25) is 14.9 Å². The van der Waals surface area contributed by atoms with Gasteiger partial charge in [0.1, 0.15) is 0 Å². The highest BCUT2D eigenvalue weighted by Gasteiger charge is 2.11. The van der Waals surface area contributed by atoms with E-state index in [9.17, 15) is 19.3 Å². The normalized spacial score (nSPS) is 11.0. The molecule has 102 valence electrons. The molecule has 19 heavy (non-hydrogen) atoms. The van der Waals surface area contributed by atoms with Gasteiger partial charge in [-0.15, -0.1) is 0 Å². The van der Waals surface area contributed by atoms with Crippen LogP contribution in [0.4, 0.5) is 4.39 Å². The van der Waals surface area contributed by atoms with Crippen LogP contribution in [0.2, 0.25) is 0 Å². The van der Waals surface area contributed by atoms with Gasteiger partial charge in [0.25, 0.3) is 6.20 Å². The summed E-state index contributed by atoms with van der Waals surface area (Å²) < 4.78 is 12.6. The summed E-state index contributed by atoms with van der Waals surface area (Å²) in [5, 5.41) is 12.8. The predicted molar refractivity (Wildman–Crippen MR) is 64.8 cm³/mol. The van der Waals surface area contributed by atoms with E-state index in [-0.39, 0.29) is 12.2 Å². The van der Waals surface area contributed by atoms with Crippen LogP contribution in [-0.2, 0) is 11.2 Å². The lowest BCUT2D eigenvalue weighted by Crippen LogP contribution is -2.32. The smallest absolute Gasteiger partial charge is 0.274 e. The van der Waals surface area contributed by atoms with Crippen molar-refractivity contribution in [2.45, 2.75) is 6.42 Å². The van der Waals surface area contributed by atoms with Crippen molar-refractivity contribution in [3.05, 3.63) is 52.0 Å². The summed E-state index contributed by atoms with van der Waals surface area (Å²) in [6.45, 7) is 0. The molecule has 1 aromatic heterocycles. The van der Waals surface area contributed by atoms with Gasteiger partial charge in [0, 0.05) is 20.3 Å². The van der Waals surface area contributed by atoms with Gasteiger partial charge in [-0.2, -0.15) is 4.39 Å². The van der Waals surface area contributed by atoms with Crippen molar-refractivity contribution < 1.29 is 14.1 Å². The van der Waals surface area contributed by atoms with E-state index < -0.39 is 16.8 Å². The number of carbonyl (C=O) groups excluding carboxylic acids is 1. The molecule has 1 amide bonds. The summed E-state index contributed by atoms with van der Waals surface area (Å²) in [4.78, 5) is 26.2. The molecule has 0 aliphatic heterocycles. The number of halogens is 1. The Labute approximate surface area is 108 Å².